The van der Waals surface area contributed by atoms with Crippen LogP contribution in [0.15, 0.2) is 140 Å². The average molecular weight is 522 g/mol. The molecule has 9 rings (SSSR count). The standard InChI is InChI=1S/C38H23N3/c1-2-8-27-21-28(18-17-24(27)7-1)25-13-15-26(16-14-25)29-19-20-31-36(23-29)41-35-12-6-5-11-34(35)40-38(41)32-22-30-9-3-4-10-33(30)39-37(31)32/h1-23H. The Bertz CT molecular complexity index is 2470. The summed E-state index contributed by atoms with van der Waals surface area (Å²) in [6, 6.07) is 49.7. The Morgan fingerprint density at radius 1 is 0.390 bits per heavy atom. The van der Waals surface area contributed by atoms with Crippen LogP contribution in [0.25, 0.3) is 82.4 Å². The number of para-hydroxylation sites is 3. The molecule has 0 saturated carbocycles. The minimum Gasteiger partial charge on any atom is -0.292 e. The lowest BCUT2D eigenvalue weighted by molar-refractivity contribution is 1.31. The predicted molar refractivity (Wildman–Crippen MR) is 171 cm³/mol. The monoisotopic (exact) mass is 521 g/mol. The molecule has 190 valence electrons. The van der Waals surface area contributed by atoms with E-state index < -0.39 is 0 Å². The van der Waals surface area contributed by atoms with Gasteiger partial charge in [0.1, 0.15) is 5.65 Å². The van der Waals surface area contributed by atoms with E-state index in [4.69, 9.17) is 9.97 Å². The van der Waals surface area contributed by atoms with Gasteiger partial charge in [-0.1, -0.05) is 103 Å². The Kier molecular flexibility index (Phi) is 4.61. The first-order chi connectivity index (χ1) is 20.3. The van der Waals surface area contributed by atoms with Crippen LogP contribution < -0.4 is 0 Å². The zero-order valence-corrected chi connectivity index (χ0v) is 22.1. The zero-order chi connectivity index (χ0) is 26.9. The fourth-order valence-electron chi connectivity index (χ4n) is 6.26. The predicted octanol–water partition coefficient (Wildman–Crippen LogP) is 9.83. The second kappa shape index (κ2) is 8.48. The molecule has 6 aromatic carbocycles. The fraction of sp³-hybridized carbons (Fsp3) is 0. The van der Waals surface area contributed by atoms with Gasteiger partial charge in [0, 0.05) is 16.2 Å². The second-order valence-electron chi connectivity index (χ2n) is 10.7. The van der Waals surface area contributed by atoms with Crippen molar-refractivity contribution in [3.63, 3.8) is 0 Å². The van der Waals surface area contributed by atoms with E-state index in [1.807, 2.05) is 6.07 Å². The van der Waals surface area contributed by atoms with Gasteiger partial charge in [0.25, 0.3) is 0 Å². The molecule has 0 saturated heterocycles. The highest BCUT2D eigenvalue weighted by atomic mass is 15.0. The van der Waals surface area contributed by atoms with Crippen molar-refractivity contribution >= 4 is 60.2 Å². The minimum atomic E-state index is 0.941. The lowest BCUT2D eigenvalue weighted by atomic mass is 9.97. The van der Waals surface area contributed by atoms with Crippen LogP contribution in [-0.4, -0.2) is 14.4 Å². The SMILES string of the molecule is c1ccc2cc(-c3ccc(-c4ccc5c6nc7ccccc7cc6c6nc7ccccc7n6c5c4)cc3)ccc2c1. The first-order valence-corrected chi connectivity index (χ1v) is 13.9. The number of nitrogens with zero attached hydrogens (tertiary/aromatic N) is 3. The van der Waals surface area contributed by atoms with E-state index in [1.54, 1.807) is 0 Å². The second-order valence-corrected chi connectivity index (χ2v) is 10.7. The Labute approximate surface area is 236 Å². The fourth-order valence-corrected chi connectivity index (χ4v) is 6.26. The van der Waals surface area contributed by atoms with Crippen LogP contribution >= 0.6 is 0 Å². The van der Waals surface area contributed by atoms with E-state index >= 15 is 0 Å². The summed E-state index contributed by atoms with van der Waals surface area (Å²) in [5.41, 5.74) is 10.9. The number of aromatic nitrogens is 3. The van der Waals surface area contributed by atoms with Crippen LogP contribution in [0, 0.1) is 0 Å². The molecule has 0 radical (unpaired) electrons. The molecule has 3 nitrogen and oxygen atoms in total. The number of hydrogen-bond donors (Lipinski definition) is 0. The molecule has 9 aromatic rings. The molecule has 0 spiro atoms. The maximum Gasteiger partial charge on any atom is 0.147 e. The maximum absolute atomic E-state index is 5.14. The molecule has 0 fully saturated rings. The summed E-state index contributed by atoms with van der Waals surface area (Å²) in [7, 11) is 0. The lowest BCUT2D eigenvalue weighted by Gasteiger charge is -2.12. The third kappa shape index (κ3) is 3.39. The molecule has 0 amide bonds. The highest BCUT2D eigenvalue weighted by molar-refractivity contribution is 6.15. The number of benzene rings is 6. The van der Waals surface area contributed by atoms with E-state index in [-0.39, 0.29) is 0 Å². The van der Waals surface area contributed by atoms with Crippen molar-refractivity contribution in [3.8, 4) is 22.3 Å². The van der Waals surface area contributed by atoms with Gasteiger partial charge in [0.15, 0.2) is 0 Å². The quantitative estimate of drug-likeness (QED) is 0.167. The number of rotatable bonds is 2. The smallest absolute Gasteiger partial charge is 0.147 e. The van der Waals surface area contributed by atoms with Crippen molar-refractivity contribution in [1.29, 1.82) is 0 Å². The molecule has 0 unspecified atom stereocenters. The highest BCUT2D eigenvalue weighted by Gasteiger charge is 2.16. The first-order valence-electron chi connectivity index (χ1n) is 13.9. The summed E-state index contributed by atoms with van der Waals surface area (Å²) in [6.07, 6.45) is 0. The molecule has 0 atom stereocenters. The van der Waals surface area contributed by atoms with Crippen molar-refractivity contribution in [2.24, 2.45) is 0 Å². The van der Waals surface area contributed by atoms with E-state index in [0.29, 0.717) is 0 Å². The number of imidazole rings is 1. The summed E-state index contributed by atoms with van der Waals surface area (Å²) in [4.78, 5) is 10.2. The number of fused-ring (bicyclic) bond motifs is 10. The van der Waals surface area contributed by atoms with E-state index in [0.717, 1.165) is 49.4 Å². The lowest BCUT2D eigenvalue weighted by Crippen LogP contribution is -1.94. The van der Waals surface area contributed by atoms with Crippen molar-refractivity contribution in [3.05, 3.63) is 140 Å². The Morgan fingerprint density at radius 3 is 1.85 bits per heavy atom. The molecular formula is C38H23N3. The molecule has 0 bridgehead atoms. The summed E-state index contributed by atoms with van der Waals surface area (Å²) in [5, 5.41) is 5.83. The van der Waals surface area contributed by atoms with Crippen LogP contribution in [0.4, 0.5) is 0 Å². The summed E-state index contributed by atoms with van der Waals surface area (Å²) >= 11 is 0. The van der Waals surface area contributed by atoms with E-state index in [2.05, 4.69) is 138 Å². The van der Waals surface area contributed by atoms with E-state index in [1.165, 1.54) is 33.0 Å². The molecular weight excluding hydrogens is 498 g/mol. The van der Waals surface area contributed by atoms with Crippen molar-refractivity contribution in [2.45, 2.75) is 0 Å². The molecule has 0 aliphatic heterocycles. The van der Waals surface area contributed by atoms with Gasteiger partial charge in [-0.2, -0.15) is 0 Å². The molecule has 3 aromatic heterocycles. The van der Waals surface area contributed by atoms with Crippen LogP contribution in [-0.2, 0) is 0 Å². The van der Waals surface area contributed by atoms with Crippen molar-refractivity contribution < 1.29 is 0 Å². The third-order valence-corrected chi connectivity index (χ3v) is 8.32. The van der Waals surface area contributed by atoms with Gasteiger partial charge >= 0.3 is 0 Å². The van der Waals surface area contributed by atoms with Gasteiger partial charge in [-0.05, 0) is 69.4 Å². The van der Waals surface area contributed by atoms with Gasteiger partial charge in [-0.3, -0.25) is 4.40 Å². The largest absolute Gasteiger partial charge is 0.292 e. The van der Waals surface area contributed by atoms with Crippen LogP contribution in [0.2, 0.25) is 0 Å². The van der Waals surface area contributed by atoms with Gasteiger partial charge in [0.05, 0.1) is 27.6 Å². The molecule has 3 heteroatoms. The Balaban J connectivity index is 1.26. The third-order valence-electron chi connectivity index (χ3n) is 8.32. The van der Waals surface area contributed by atoms with Crippen LogP contribution in [0.5, 0.6) is 0 Å². The number of hydrogen-bond acceptors (Lipinski definition) is 2. The normalized spacial score (nSPS) is 11.9. The van der Waals surface area contributed by atoms with Crippen molar-refractivity contribution in [1.82, 2.24) is 14.4 Å². The molecule has 3 heterocycles. The highest BCUT2D eigenvalue weighted by Crippen LogP contribution is 2.36. The molecule has 0 N–H and O–H groups in total. The summed E-state index contributed by atoms with van der Waals surface area (Å²) < 4.78 is 2.30. The Morgan fingerprint density at radius 2 is 1.02 bits per heavy atom. The van der Waals surface area contributed by atoms with Gasteiger partial charge in [-0.25, -0.2) is 9.97 Å². The molecule has 0 aliphatic rings. The van der Waals surface area contributed by atoms with Gasteiger partial charge in [-0.15, -0.1) is 0 Å². The zero-order valence-electron chi connectivity index (χ0n) is 22.1. The number of pyridine rings is 2. The topological polar surface area (TPSA) is 30.2 Å². The minimum absolute atomic E-state index is 0.941. The van der Waals surface area contributed by atoms with Crippen LogP contribution in [0.1, 0.15) is 0 Å². The van der Waals surface area contributed by atoms with E-state index in [9.17, 15) is 0 Å². The van der Waals surface area contributed by atoms with Crippen LogP contribution in [0.3, 0.4) is 0 Å². The average Bonchev–Trinajstić information content (AvgIpc) is 3.44. The van der Waals surface area contributed by atoms with Crippen molar-refractivity contribution in [2.75, 3.05) is 0 Å². The molecule has 41 heavy (non-hydrogen) atoms. The first kappa shape index (κ1) is 22.3. The maximum atomic E-state index is 5.14. The van der Waals surface area contributed by atoms with Gasteiger partial charge < -0.3 is 0 Å². The van der Waals surface area contributed by atoms with Gasteiger partial charge in [0.2, 0.25) is 0 Å². The summed E-state index contributed by atoms with van der Waals surface area (Å²) in [6.45, 7) is 0. The molecule has 0 aliphatic carbocycles. The Hall–Kier alpha value is -5.54. The summed E-state index contributed by atoms with van der Waals surface area (Å²) in [5.74, 6) is 0.